The van der Waals surface area contributed by atoms with E-state index in [2.05, 4.69) is 21.3 Å². The molecule has 0 saturated carbocycles. The Morgan fingerprint density at radius 3 is 2.42 bits per heavy atom. The van der Waals surface area contributed by atoms with Crippen molar-refractivity contribution in [2.75, 3.05) is 6.54 Å². The normalized spacial score (nSPS) is 29.4. The Hall–Kier alpha value is -2.65. The molecule has 0 unspecified atom stereocenters. The van der Waals surface area contributed by atoms with Crippen molar-refractivity contribution in [2.45, 2.75) is 90.4 Å². The van der Waals surface area contributed by atoms with E-state index in [9.17, 15) is 24.0 Å². The molecule has 2 heterocycles. The molecule has 0 spiro atoms. The van der Waals surface area contributed by atoms with Gasteiger partial charge in [0.1, 0.15) is 24.0 Å². The Morgan fingerprint density at radius 1 is 1.12 bits per heavy atom. The molecule has 0 radical (unpaired) electrons. The Labute approximate surface area is 195 Å². The van der Waals surface area contributed by atoms with Gasteiger partial charge in [-0.05, 0) is 58.3 Å². The maximum Gasteiger partial charge on any atom is 0.408 e. The predicted molar refractivity (Wildman–Crippen MR) is 121 cm³/mol. The van der Waals surface area contributed by atoms with Crippen LogP contribution >= 0.6 is 0 Å². The lowest BCUT2D eigenvalue weighted by Crippen LogP contribution is -2.55. The number of carbonyl (C=O) groups is 5. The monoisotopic (exact) mass is 466 g/mol. The zero-order valence-corrected chi connectivity index (χ0v) is 20.2. The number of ether oxygens (including phenoxy) is 1. The highest BCUT2D eigenvalue weighted by Gasteiger charge is 2.38. The fourth-order valence-corrected chi connectivity index (χ4v) is 4.31. The van der Waals surface area contributed by atoms with Crippen LogP contribution in [-0.4, -0.2) is 60.4 Å². The predicted octanol–water partition coefficient (Wildman–Crippen LogP) is 1.03. The van der Waals surface area contributed by atoms with E-state index in [0.717, 1.165) is 0 Å². The molecule has 0 aromatic rings. The molecule has 0 aromatic heterocycles. The van der Waals surface area contributed by atoms with E-state index in [1.165, 1.54) is 0 Å². The SMILES string of the molecule is CC(C)C[C@@H]1NC(=O)[C@@H](NC(=O)OC(C)(C)C)CCC[C@H]2CNC(=O)[C@H]2C[C@@H](C=O)NC1=O. The topological polar surface area (TPSA) is 143 Å². The Bertz CT molecular complexity index is 748. The summed E-state index contributed by atoms with van der Waals surface area (Å²) < 4.78 is 5.30. The standard InChI is InChI=1S/C23H38N4O6/c1-13(2)9-18-21(31)25-15(12-28)10-16-14(11-24-19(16)29)7-6-8-17(20(30)26-18)27-22(32)33-23(3,4)5/h12-18H,6-11H2,1-5H3,(H,24,29)(H,25,31)(H,26,30)(H,27,32)/t14-,15-,16-,17-,18-/m0/s1. The van der Waals surface area contributed by atoms with Gasteiger partial charge in [-0.15, -0.1) is 0 Å². The van der Waals surface area contributed by atoms with Crippen molar-refractivity contribution >= 4 is 30.1 Å². The molecule has 2 fully saturated rings. The summed E-state index contributed by atoms with van der Waals surface area (Å²) in [6, 6.07) is -2.60. The zero-order valence-electron chi connectivity index (χ0n) is 20.2. The second kappa shape index (κ2) is 11.5. The molecule has 2 saturated heterocycles. The molecule has 10 nitrogen and oxygen atoms in total. The first kappa shape index (κ1) is 26.6. The van der Waals surface area contributed by atoms with Crippen LogP contribution in [0.1, 0.15) is 66.7 Å². The Kier molecular flexibility index (Phi) is 9.25. The van der Waals surface area contributed by atoms with Gasteiger partial charge in [-0.2, -0.15) is 0 Å². The van der Waals surface area contributed by atoms with E-state index in [4.69, 9.17) is 4.74 Å². The van der Waals surface area contributed by atoms with Crippen LogP contribution in [0.25, 0.3) is 0 Å². The summed E-state index contributed by atoms with van der Waals surface area (Å²) in [5, 5.41) is 10.9. The van der Waals surface area contributed by atoms with Gasteiger partial charge >= 0.3 is 6.09 Å². The van der Waals surface area contributed by atoms with Crippen LogP contribution in [0.5, 0.6) is 0 Å². The van der Waals surface area contributed by atoms with Gasteiger partial charge in [0, 0.05) is 12.5 Å². The van der Waals surface area contributed by atoms with Gasteiger partial charge in [0.15, 0.2) is 0 Å². The van der Waals surface area contributed by atoms with Crippen LogP contribution < -0.4 is 21.3 Å². The third-order valence-electron chi connectivity index (χ3n) is 5.86. The molecule has 2 aliphatic rings. The van der Waals surface area contributed by atoms with Crippen LogP contribution in [0.3, 0.4) is 0 Å². The molecule has 2 aliphatic heterocycles. The lowest BCUT2D eigenvalue weighted by atomic mass is 9.85. The van der Waals surface area contributed by atoms with Crippen molar-refractivity contribution in [1.82, 2.24) is 21.3 Å². The molecule has 4 amide bonds. The largest absolute Gasteiger partial charge is 0.444 e. The van der Waals surface area contributed by atoms with Crippen LogP contribution in [0.15, 0.2) is 0 Å². The van der Waals surface area contributed by atoms with E-state index in [1.807, 2.05) is 13.8 Å². The maximum atomic E-state index is 13.1. The van der Waals surface area contributed by atoms with Crippen LogP contribution in [0, 0.1) is 17.8 Å². The first-order valence-corrected chi connectivity index (χ1v) is 11.7. The highest BCUT2D eigenvalue weighted by Crippen LogP contribution is 2.28. The summed E-state index contributed by atoms with van der Waals surface area (Å²) in [6.07, 6.45) is 2.04. The van der Waals surface area contributed by atoms with Gasteiger partial charge < -0.3 is 30.8 Å². The minimum Gasteiger partial charge on any atom is -0.444 e. The van der Waals surface area contributed by atoms with E-state index < -0.39 is 47.6 Å². The van der Waals surface area contributed by atoms with Crippen molar-refractivity contribution in [3.8, 4) is 0 Å². The molecule has 33 heavy (non-hydrogen) atoms. The molecule has 0 aliphatic carbocycles. The maximum absolute atomic E-state index is 13.1. The summed E-state index contributed by atoms with van der Waals surface area (Å²) in [5.41, 5.74) is -0.725. The van der Waals surface area contributed by atoms with Crippen molar-refractivity contribution in [3.05, 3.63) is 0 Å². The van der Waals surface area contributed by atoms with E-state index in [1.54, 1.807) is 20.8 Å². The smallest absolute Gasteiger partial charge is 0.408 e. The molecule has 186 valence electrons. The number of hydrogen-bond donors (Lipinski definition) is 4. The van der Waals surface area contributed by atoms with Gasteiger partial charge in [-0.1, -0.05) is 20.3 Å². The van der Waals surface area contributed by atoms with E-state index in [-0.39, 0.29) is 24.2 Å². The number of hydrogen-bond acceptors (Lipinski definition) is 6. The molecule has 4 N–H and O–H groups in total. The molecule has 5 atom stereocenters. The molecular formula is C23H38N4O6. The summed E-state index contributed by atoms with van der Waals surface area (Å²) in [4.78, 5) is 62.4. The molecule has 10 heteroatoms. The van der Waals surface area contributed by atoms with Gasteiger partial charge in [0.25, 0.3) is 0 Å². The summed E-state index contributed by atoms with van der Waals surface area (Å²) >= 11 is 0. The third-order valence-corrected chi connectivity index (χ3v) is 5.86. The number of nitrogens with one attached hydrogen (secondary N) is 4. The third kappa shape index (κ3) is 8.33. The number of aldehydes is 1. The fourth-order valence-electron chi connectivity index (χ4n) is 4.31. The van der Waals surface area contributed by atoms with Gasteiger partial charge in [0.05, 0.1) is 6.04 Å². The number of rotatable bonds is 4. The Balaban J connectivity index is 2.27. The fraction of sp³-hybridized carbons (Fsp3) is 0.783. The quantitative estimate of drug-likeness (QED) is 0.456. The Morgan fingerprint density at radius 2 is 1.82 bits per heavy atom. The van der Waals surface area contributed by atoms with Crippen molar-refractivity contribution in [3.63, 3.8) is 0 Å². The van der Waals surface area contributed by atoms with Crippen LogP contribution in [0.4, 0.5) is 4.79 Å². The number of carbonyl (C=O) groups excluding carboxylic acids is 5. The van der Waals surface area contributed by atoms with Crippen molar-refractivity contribution < 1.29 is 28.7 Å². The van der Waals surface area contributed by atoms with E-state index in [0.29, 0.717) is 38.5 Å². The lowest BCUT2D eigenvalue weighted by Gasteiger charge is -2.26. The summed E-state index contributed by atoms with van der Waals surface area (Å²) in [7, 11) is 0. The molecule has 0 bridgehead atoms. The second-order valence-electron chi connectivity index (χ2n) is 10.4. The molecular weight excluding hydrogens is 428 g/mol. The van der Waals surface area contributed by atoms with Gasteiger partial charge in [-0.25, -0.2) is 4.79 Å². The second-order valence-corrected chi connectivity index (χ2v) is 10.4. The van der Waals surface area contributed by atoms with Gasteiger partial charge in [-0.3, -0.25) is 14.4 Å². The van der Waals surface area contributed by atoms with Crippen LogP contribution in [-0.2, 0) is 23.9 Å². The van der Waals surface area contributed by atoms with Gasteiger partial charge in [0.2, 0.25) is 17.7 Å². The minimum atomic E-state index is -0.895. The number of alkyl carbamates (subject to hydrolysis) is 1. The van der Waals surface area contributed by atoms with Crippen molar-refractivity contribution in [1.29, 1.82) is 0 Å². The minimum absolute atomic E-state index is 0.0192. The number of fused-ring (bicyclic) bond motifs is 1. The zero-order chi connectivity index (χ0) is 24.8. The highest BCUT2D eigenvalue weighted by molar-refractivity contribution is 5.92. The molecule has 2 rings (SSSR count). The van der Waals surface area contributed by atoms with Crippen LogP contribution in [0.2, 0.25) is 0 Å². The first-order valence-electron chi connectivity index (χ1n) is 11.7. The summed E-state index contributed by atoms with van der Waals surface area (Å²) in [6.45, 7) is 9.51. The first-order chi connectivity index (χ1) is 15.4. The summed E-state index contributed by atoms with van der Waals surface area (Å²) in [5.74, 6) is -1.43. The highest BCUT2D eigenvalue weighted by atomic mass is 16.6. The average Bonchev–Trinajstić information content (AvgIpc) is 3.03. The van der Waals surface area contributed by atoms with E-state index >= 15 is 0 Å². The van der Waals surface area contributed by atoms with Crippen molar-refractivity contribution in [2.24, 2.45) is 17.8 Å². The lowest BCUT2D eigenvalue weighted by molar-refractivity contribution is -0.131. The number of amides is 4. The molecule has 0 aromatic carbocycles. The average molecular weight is 467 g/mol.